The Labute approximate surface area is 151 Å². The van der Waals surface area contributed by atoms with Crippen molar-refractivity contribution < 1.29 is 14.4 Å². The van der Waals surface area contributed by atoms with Crippen molar-refractivity contribution in [2.24, 2.45) is 0 Å². The van der Waals surface area contributed by atoms with E-state index >= 15 is 0 Å². The van der Waals surface area contributed by atoms with Gasteiger partial charge in [0.15, 0.2) is 0 Å². The number of nitrogens with zero attached hydrogens (tertiary/aromatic N) is 5. The summed E-state index contributed by atoms with van der Waals surface area (Å²) in [6.45, 7) is 7.57. The normalized spacial score (nSPS) is 19.2. The molecule has 0 saturated carbocycles. The number of nitro benzene ring substituents is 1. The summed E-state index contributed by atoms with van der Waals surface area (Å²) in [7, 11) is 0. The van der Waals surface area contributed by atoms with E-state index in [1.54, 1.807) is 6.07 Å². The summed E-state index contributed by atoms with van der Waals surface area (Å²) in [6, 6.07) is 3.47. The summed E-state index contributed by atoms with van der Waals surface area (Å²) in [5.41, 5.74) is 1.55. The number of fused-ring (bicyclic) bond motifs is 1. The van der Waals surface area contributed by atoms with Crippen molar-refractivity contribution in [3.63, 3.8) is 0 Å². The summed E-state index contributed by atoms with van der Waals surface area (Å²) < 4.78 is 12.6. The third-order valence-electron chi connectivity index (χ3n) is 4.95. The minimum absolute atomic E-state index is 0.132. The third kappa shape index (κ3) is 3.64. The van der Waals surface area contributed by atoms with Gasteiger partial charge in [-0.3, -0.25) is 19.7 Å². The van der Waals surface area contributed by atoms with Crippen molar-refractivity contribution in [3.8, 4) is 0 Å². The highest BCUT2D eigenvalue weighted by Crippen LogP contribution is 2.33. The average molecular weight is 361 g/mol. The van der Waals surface area contributed by atoms with Crippen LogP contribution in [0.15, 0.2) is 18.3 Å². The zero-order valence-corrected chi connectivity index (χ0v) is 14.7. The molecule has 0 bridgehead atoms. The number of benzene rings is 1. The first-order chi connectivity index (χ1) is 12.7. The zero-order valence-electron chi connectivity index (χ0n) is 14.7. The van der Waals surface area contributed by atoms with Crippen molar-refractivity contribution in [2.45, 2.75) is 6.54 Å². The molecule has 2 aromatic rings. The van der Waals surface area contributed by atoms with E-state index in [9.17, 15) is 10.1 Å². The summed E-state index contributed by atoms with van der Waals surface area (Å²) in [5, 5.41) is 17.0. The van der Waals surface area contributed by atoms with Crippen LogP contribution in [-0.2, 0) is 16.0 Å². The van der Waals surface area contributed by atoms with E-state index in [1.165, 1.54) is 0 Å². The summed E-state index contributed by atoms with van der Waals surface area (Å²) in [5.74, 6) is 0. The van der Waals surface area contributed by atoms with E-state index in [1.807, 2.05) is 21.8 Å². The van der Waals surface area contributed by atoms with Crippen molar-refractivity contribution >= 4 is 22.3 Å². The highest BCUT2D eigenvalue weighted by molar-refractivity contribution is 5.87. The molecular weight excluding hydrogens is 338 g/mol. The smallest absolute Gasteiger partial charge is 0.293 e. The monoisotopic (exact) mass is 361 g/mol. The lowest BCUT2D eigenvalue weighted by molar-refractivity contribution is -0.384. The molecule has 2 saturated heterocycles. The van der Waals surface area contributed by atoms with Crippen LogP contribution in [0.3, 0.4) is 0 Å². The Morgan fingerprint density at radius 3 is 2.42 bits per heavy atom. The maximum Gasteiger partial charge on any atom is 0.293 e. The maximum absolute atomic E-state index is 11.5. The predicted molar refractivity (Wildman–Crippen MR) is 96.7 cm³/mol. The average Bonchev–Trinajstić information content (AvgIpc) is 3.09. The van der Waals surface area contributed by atoms with Crippen LogP contribution < -0.4 is 4.90 Å². The van der Waals surface area contributed by atoms with Gasteiger partial charge in [0, 0.05) is 50.4 Å². The Morgan fingerprint density at radius 2 is 1.73 bits per heavy atom. The molecule has 0 atom stereocenters. The maximum atomic E-state index is 11.5. The quantitative estimate of drug-likeness (QED) is 0.582. The SMILES string of the molecule is O=[N+]([O-])c1cc2cn(CCN3CCOCC3)nc2cc1N1CCOCC1. The Balaban J connectivity index is 1.57. The van der Waals surface area contributed by atoms with E-state index < -0.39 is 0 Å². The summed E-state index contributed by atoms with van der Waals surface area (Å²) in [4.78, 5) is 15.6. The Morgan fingerprint density at radius 1 is 1.04 bits per heavy atom. The second-order valence-electron chi connectivity index (χ2n) is 6.60. The molecule has 0 radical (unpaired) electrons. The van der Waals surface area contributed by atoms with Gasteiger partial charge in [-0.25, -0.2) is 0 Å². The molecule has 2 aliphatic heterocycles. The van der Waals surface area contributed by atoms with E-state index in [-0.39, 0.29) is 10.6 Å². The zero-order chi connectivity index (χ0) is 17.9. The second-order valence-corrected chi connectivity index (χ2v) is 6.60. The van der Waals surface area contributed by atoms with E-state index in [0.717, 1.165) is 50.3 Å². The van der Waals surface area contributed by atoms with Crippen molar-refractivity contribution in [3.05, 3.63) is 28.4 Å². The molecule has 9 heteroatoms. The highest BCUT2D eigenvalue weighted by Gasteiger charge is 2.23. The van der Waals surface area contributed by atoms with Gasteiger partial charge in [-0.2, -0.15) is 5.10 Å². The topological polar surface area (TPSA) is 85.9 Å². The van der Waals surface area contributed by atoms with Crippen LogP contribution in [0.2, 0.25) is 0 Å². The molecule has 0 N–H and O–H groups in total. The Kier molecular flexibility index (Phi) is 5.00. The summed E-state index contributed by atoms with van der Waals surface area (Å²) >= 11 is 0. The number of anilines is 1. The number of morpholine rings is 2. The van der Waals surface area contributed by atoms with Gasteiger partial charge in [-0.1, -0.05) is 0 Å². The largest absolute Gasteiger partial charge is 0.379 e. The molecular formula is C17H23N5O4. The lowest BCUT2D eigenvalue weighted by Crippen LogP contribution is -2.38. The van der Waals surface area contributed by atoms with Crippen molar-refractivity contribution in [1.29, 1.82) is 0 Å². The van der Waals surface area contributed by atoms with Gasteiger partial charge >= 0.3 is 0 Å². The van der Waals surface area contributed by atoms with Crippen molar-refractivity contribution in [1.82, 2.24) is 14.7 Å². The fourth-order valence-corrected chi connectivity index (χ4v) is 3.49. The van der Waals surface area contributed by atoms with Crippen LogP contribution in [0.5, 0.6) is 0 Å². The molecule has 26 heavy (non-hydrogen) atoms. The van der Waals surface area contributed by atoms with Gasteiger partial charge in [0.25, 0.3) is 5.69 Å². The summed E-state index contributed by atoms with van der Waals surface area (Å²) in [6.07, 6.45) is 1.89. The molecule has 2 aliphatic rings. The first kappa shape index (κ1) is 17.2. The van der Waals surface area contributed by atoms with Crippen molar-refractivity contribution in [2.75, 3.05) is 64.1 Å². The fourth-order valence-electron chi connectivity index (χ4n) is 3.49. The molecule has 0 aliphatic carbocycles. The molecule has 0 unspecified atom stereocenters. The highest BCUT2D eigenvalue weighted by atomic mass is 16.6. The van der Waals surface area contributed by atoms with E-state index in [2.05, 4.69) is 10.00 Å². The number of hydrogen-bond acceptors (Lipinski definition) is 7. The van der Waals surface area contributed by atoms with E-state index in [4.69, 9.17) is 9.47 Å². The predicted octanol–water partition coefficient (Wildman–Crippen LogP) is 1.11. The molecule has 1 aromatic carbocycles. The molecule has 1 aromatic heterocycles. The molecule has 4 rings (SSSR count). The number of nitro groups is 1. The number of aromatic nitrogens is 2. The van der Waals surface area contributed by atoms with Crippen LogP contribution >= 0.6 is 0 Å². The third-order valence-corrected chi connectivity index (χ3v) is 4.95. The van der Waals surface area contributed by atoms with Gasteiger partial charge in [0.05, 0.1) is 43.4 Å². The first-order valence-corrected chi connectivity index (χ1v) is 8.99. The van der Waals surface area contributed by atoms with Crippen LogP contribution in [0.4, 0.5) is 11.4 Å². The lowest BCUT2D eigenvalue weighted by atomic mass is 10.2. The van der Waals surface area contributed by atoms with Gasteiger partial charge in [0.2, 0.25) is 0 Å². The second kappa shape index (κ2) is 7.56. The first-order valence-electron chi connectivity index (χ1n) is 8.99. The number of hydrogen-bond donors (Lipinski definition) is 0. The Hall–Kier alpha value is -2.23. The standard InChI is InChI=1S/C17H23N5O4/c23-22(24)17-11-14-13-21(2-1-19-3-7-25-8-4-19)18-15(14)12-16(17)20-5-9-26-10-6-20/h11-13H,1-10H2. The molecule has 3 heterocycles. The molecule has 140 valence electrons. The molecule has 0 amide bonds. The van der Waals surface area contributed by atoms with Crippen LogP contribution in [0, 0.1) is 10.1 Å². The minimum atomic E-state index is -0.310. The molecule has 0 spiro atoms. The Bertz CT molecular complexity index is 781. The molecule has 9 nitrogen and oxygen atoms in total. The van der Waals surface area contributed by atoms with Crippen LogP contribution in [0.25, 0.3) is 10.9 Å². The van der Waals surface area contributed by atoms with Crippen LogP contribution in [0.1, 0.15) is 0 Å². The minimum Gasteiger partial charge on any atom is -0.379 e. The van der Waals surface area contributed by atoms with Gasteiger partial charge in [-0.05, 0) is 6.07 Å². The lowest BCUT2D eigenvalue weighted by Gasteiger charge is -2.28. The van der Waals surface area contributed by atoms with Gasteiger partial charge in [-0.15, -0.1) is 0 Å². The fraction of sp³-hybridized carbons (Fsp3) is 0.588. The molecule has 2 fully saturated rings. The van der Waals surface area contributed by atoms with Gasteiger partial charge in [0.1, 0.15) is 5.69 Å². The number of rotatable bonds is 5. The van der Waals surface area contributed by atoms with Crippen LogP contribution in [-0.4, -0.2) is 78.8 Å². The number of ether oxygens (including phenoxy) is 2. The van der Waals surface area contributed by atoms with Gasteiger partial charge < -0.3 is 14.4 Å². The van der Waals surface area contributed by atoms with E-state index in [0.29, 0.717) is 32.0 Å².